The van der Waals surface area contributed by atoms with E-state index < -0.39 is 40.5 Å². The zero-order valence-corrected chi connectivity index (χ0v) is 18.5. The lowest BCUT2D eigenvalue weighted by Gasteiger charge is -2.14. The van der Waals surface area contributed by atoms with Gasteiger partial charge in [-0.25, -0.2) is 13.9 Å². The Bertz CT molecular complexity index is 1360. The van der Waals surface area contributed by atoms with Gasteiger partial charge in [0.05, 0.1) is 34.6 Å². The van der Waals surface area contributed by atoms with Crippen molar-refractivity contribution in [3.05, 3.63) is 76.3 Å². The molecule has 0 aliphatic heterocycles. The van der Waals surface area contributed by atoms with Gasteiger partial charge < -0.3 is 9.26 Å². The third-order valence-electron chi connectivity index (χ3n) is 5.00. The van der Waals surface area contributed by atoms with Gasteiger partial charge in [0.1, 0.15) is 17.1 Å². The normalized spacial score (nSPS) is 11.6. The topological polar surface area (TPSA) is 70.2 Å². The van der Waals surface area contributed by atoms with E-state index in [0.717, 1.165) is 12.3 Å². The number of hydrogen-bond donors (Lipinski definition) is 0. The van der Waals surface area contributed by atoms with Gasteiger partial charge in [-0.1, -0.05) is 41.0 Å². The van der Waals surface area contributed by atoms with Gasteiger partial charge in [-0.15, -0.1) is 0 Å². The summed E-state index contributed by atoms with van der Waals surface area (Å²) in [6, 6.07) is 10.1. The van der Waals surface area contributed by atoms with Crippen molar-refractivity contribution < 1.29 is 31.6 Å². The molecule has 0 spiro atoms. The van der Waals surface area contributed by atoms with Crippen molar-refractivity contribution in [2.75, 3.05) is 6.61 Å². The van der Waals surface area contributed by atoms with Crippen LogP contribution in [-0.4, -0.2) is 27.5 Å². The quantitative estimate of drug-likeness (QED) is 0.235. The second kappa shape index (κ2) is 8.94. The molecule has 2 heterocycles. The van der Waals surface area contributed by atoms with Crippen LogP contribution in [0, 0.1) is 12.7 Å². The highest BCUT2D eigenvalue weighted by molar-refractivity contribution is 6.33. The first kappa shape index (κ1) is 23.5. The van der Waals surface area contributed by atoms with Crippen molar-refractivity contribution in [3.63, 3.8) is 0 Å². The van der Waals surface area contributed by atoms with Gasteiger partial charge in [0, 0.05) is 0 Å². The van der Waals surface area contributed by atoms with Crippen molar-refractivity contribution in [1.82, 2.24) is 14.9 Å². The maximum absolute atomic E-state index is 14.6. The fourth-order valence-electron chi connectivity index (χ4n) is 3.53. The third kappa shape index (κ3) is 4.05. The second-order valence-electron chi connectivity index (χ2n) is 7.16. The number of rotatable bonds is 5. The minimum absolute atomic E-state index is 0.0947. The maximum atomic E-state index is 14.6. The lowest BCUT2D eigenvalue weighted by Crippen LogP contribution is -2.15. The van der Waals surface area contributed by atoms with Crippen LogP contribution in [-0.2, 0) is 10.9 Å². The summed E-state index contributed by atoms with van der Waals surface area (Å²) >= 11 is 6.11. The van der Waals surface area contributed by atoms with Crippen molar-refractivity contribution in [1.29, 1.82) is 0 Å². The van der Waals surface area contributed by atoms with Gasteiger partial charge in [0.25, 0.3) is 0 Å². The molecule has 0 aliphatic rings. The Morgan fingerprint density at radius 3 is 2.56 bits per heavy atom. The van der Waals surface area contributed by atoms with E-state index in [1.807, 2.05) is 0 Å². The number of aromatic nitrogens is 3. The summed E-state index contributed by atoms with van der Waals surface area (Å²) in [5.74, 6) is -2.46. The van der Waals surface area contributed by atoms with Crippen LogP contribution in [0.1, 0.15) is 28.5 Å². The first-order valence-corrected chi connectivity index (χ1v) is 10.4. The number of ether oxygens (including phenoxy) is 1. The predicted octanol–water partition coefficient (Wildman–Crippen LogP) is 6.49. The average molecular weight is 494 g/mol. The fraction of sp³-hybridized carbons (Fsp3) is 0.174. The molecule has 0 amide bonds. The van der Waals surface area contributed by atoms with Crippen LogP contribution in [0.25, 0.3) is 28.3 Å². The van der Waals surface area contributed by atoms with Gasteiger partial charge >= 0.3 is 12.1 Å². The Labute approximate surface area is 195 Å². The molecular formula is C23H16ClF4N3O3. The minimum atomic E-state index is -4.90. The van der Waals surface area contributed by atoms with Gasteiger partial charge in [-0.3, -0.25) is 0 Å². The molecular weight excluding hydrogens is 478 g/mol. The lowest BCUT2D eigenvalue weighted by molar-refractivity contribution is -0.142. The molecule has 6 nitrogen and oxygen atoms in total. The number of hydrogen-bond acceptors (Lipinski definition) is 5. The zero-order chi connectivity index (χ0) is 24.6. The van der Waals surface area contributed by atoms with Crippen molar-refractivity contribution in [2.45, 2.75) is 20.0 Å². The van der Waals surface area contributed by atoms with E-state index in [1.165, 1.54) is 25.1 Å². The molecule has 0 radical (unpaired) electrons. The molecule has 2 aromatic heterocycles. The number of nitrogens with zero attached hydrogens (tertiary/aromatic N) is 3. The van der Waals surface area contributed by atoms with E-state index >= 15 is 0 Å². The first-order chi connectivity index (χ1) is 16.1. The van der Waals surface area contributed by atoms with Crippen molar-refractivity contribution in [3.8, 4) is 28.3 Å². The van der Waals surface area contributed by atoms with E-state index in [1.54, 1.807) is 25.1 Å². The summed E-state index contributed by atoms with van der Waals surface area (Å²) in [4.78, 5) is 12.8. The molecule has 0 saturated heterocycles. The van der Waals surface area contributed by atoms with Crippen LogP contribution in [0.2, 0.25) is 5.02 Å². The van der Waals surface area contributed by atoms with Crippen LogP contribution in [0.4, 0.5) is 17.6 Å². The third-order valence-corrected chi connectivity index (χ3v) is 5.31. The number of carbonyl (C=O) groups is 1. The van der Waals surface area contributed by atoms with Gasteiger partial charge in [-0.2, -0.15) is 18.3 Å². The number of esters is 1. The van der Waals surface area contributed by atoms with Crippen LogP contribution in [0.15, 0.2) is 53.2 Å². The number of aryl methyl sites for hydroxylation is 1. The summed E-state index contributed by atoms with van der Waals surface area (Å²) in [7, 11) is 0. The molecule has 0 bridgehead atoms. The van der Waals surface area contributed by atoms with Gasteiger partial charge in [0.2, 0.25) is 0 Å². The standard InChI is InChI=1S/C23H16ClF4N3O3/c1-3-33-22(32)18-19(17-14(24)8-6-9-15(17)25)30-34-20(18)13-11-29-31(21(13)23(26,27)28)16-10-5-4-7-12(16)2/h4-11H,3H2,1-2H3. The van der Waals surface area contributed by atoms with E-state index in [9.17, 15) is 22.4 Å². The Kier molecular flexibility index (Phi) is 6.18. The summed E-state index contributed by atoms with van der Waals surface area (Å²) in [5, 5.41) is 7.50. The van der Waals surface area contributed by atoms with Gasteiger partial charge in [0.15, 0.2) is 11.5 Å². The molecule has 4 aromatic rings. The number of alkyl halides is 3. The molecule has 2 aromatic carbocycles. The largest absolute Gasteiger partial charge is 0.462 e. The lowest BCUT2D eigenvalue weighted by atomic mass is 10.0. The summed E-state index contributed by atoms with van der Waals surface area (Å²) < 4.78 is 68.3. The van der Waals surface area contributed by atoms with E-state index in [-0.39, 0.29) is 28.6 Å². The minimum Gasteiger partial charge on any atom is -0.462 e. The monoisotopic (exact) mass is 493 g/mol. The number of para-hydroxylation sites is 1. The van der Waals surface area contributed by atoms with Crippen LogP contribution < -0.4 is 0 Å². The number of carbonyl (C=O) groups excluding carboxylic acids is 1. The predicted molar refractivity (Wildman–Crippen MR) is 115 cm³/mol. The molecule has 0 N–H and O–H groups in total. The van der Waals surface area contributed by atoms with E-state index in [2.05, 4.69) is 10.3 Å². The molecule has 0 saturated carbocycles. The highest BCUT2D eigenvalue weighted by Crippen LogP contribution is 2.43. The fourth-order valence-corrected chi connectivity index (χ4v) is 3.78. The SMILES string of the molecule is CCOC(=O)c1c(-c2c(F)cccc2Cl)noc1-c1cnn(-c2ccccc2C)c1C(F)(F)F. The van der Waals surface area contributed by atoms with Crippen molar-refractivity contribution in [2.24, 2.45) is 0 Å². The first-order valence-electron chi connectivity index (χ1n) is 9.97. The highest BCUT2D eigenvalue weighted by Gasteiger charge is 2.42. The maximum Gasteiger partial charge on any atom is 0.434 e. The van der Waals surface area contributed by atoms with Crippen LogP contribution in [0.3, 0.4) is 0 Å². The smallest absolute Gasteiger partial charge is 0.434 e. The number of halogens is 5. The van der Waals surface area contributed by atoms with E-state index in [0.29, 0.717) is 10.2 Å². The van der Waals surface area contributed by atoms with Crippen LogP contribution in [0.5, 0.6) is 0 Å². The molecule has 11 heteroatoms. The number of benzene rings is 2. The Morgan fingerprint density at radius 1 is 1.18 bits per heavy atom. The molecule has 0 atom stereocenters. The van der Waals surface area contributed by atoms with Crippen molar-refractivity contribution >= 4 is 17.6 Å². The molecule has 0 aliphatic carbocycles. The zero-order valence-electron chi connectivity index (χ0n) is 17.8. The molecule has 176 valence electrons. The molecule has 0 unspecified atom stereocenters. The molecule has 34 heavy (non-hydrogen) atoms. The molecule has 0 fully saturated rings. The van der Waals surface area contributed by atoms with Crippen LogP contribution >= 0.6 is 11.6 Å². The Morgan fingerprint density at radius 2 is 1.91 bits per heavy atom. The van der Waals surface area contributed by atoms with E-state index in [4.69, 9.17) is 20.9 Å². The Balaban J connectivity index is 2.02. The summed E-state index contributed by atoms with van der Waals surface area (Å²) in [6.45, 7) is 3.05. The average Bonchev–Trinajstić information content (AvgIpc) is 3.38. The summed E-state index contributed by atoms with van der Waals surface area (Å²) in [6.07, 6.45) is -3.99. The second-order valence-corrected chi connectivity index (χ2v) is 7.56. The summed E-state index contributed by atoms with van der Waals surface area (Å²) in [5.41, 5.74) is -2.24. The highest BCUT2D eigenvalue weighted by atomic mass is 35.5. The molecule has 4 rings (SSSR count). The van der Waals surface area contributed by atoms with Gasteiger partial charge in [-0.05, 0) is 37.6 Å². The Hall–Kier alpha value is -3.66.